The fraction of sp³-hybridized carbons (Fsp3) is 0.273. The van der Waals surface area contributed by atoms with Crippen molar-refractivity contribution in [3.05, 3.63) is 97.0 Å². The Balaban J connectivity index is 2.18. The van der Waals surface area contributed by atoms with Gasteiger partial charge >= 0.3 is 0 Å². The standard InChI is InChI=1S/C33H36Cl2N2O6S/c1-10-37(22(9)38)33(40)26-15-28(35)30(20(7)18(26)5)29-19(6)17(4)25(14-27(29)34)32(39)36-31-23(16(2)3)12-11-13-24(31)21(8)44(41,42)43/h10-16,21-22,38H,1,4,6H2,2-3,5,7-9H3,(H,36,39)(H,41,42,43). The Morgan fingerprint density at radius 3 is 2.00 bits per heavy atom. The number of carbonyl (C=O) groups excluding carboxylic acids is 2. The number of nitrogens with zero attached hydrogens (tertiary/aromatic N) is 1. The average Bonchev–Trinajstić information content (AvgIpc) is 2.93. The number of anilines is 1. The van der Waals surface area contributed by atoms with Crippen LogP contribution < -0.4 is 15.8 Å². The second-order valence-electron chi connectivity index (χ2n) is 10.9. The number of amides is 2. The van der Waals surface area contributed by atoms with Crippen molar-refractivity contribution in [3.8, 4) is 11.1 Å². The quantitative estimate of drug-likeness (QED) is 0.182. The van der Waals surface area contributed by atoms with Gasteiger partial charge in [0.25, 0.3) is 21.9 Å². The van der Waals surface area contributed by atoms with Gasteiger partial charge in [-0.2, -0.15) is 8.42 Å². The van der Waals surface area contributed by atoms with E-state index in [1.807, 2.05) is 13.8 Å². The molecule has 0 aliphatic carbocycles. The molecule has 44 heavy (non-hydrogen) atoms. The zero-order chi connectivity index (χ0) is 33.4. The first-order valence-corrected chi connectivity index (χ1v) is 15.9. The van der Waals surface area contributed by atoms with E-state index in [1.165, 1.54) is 38.2 Å². The van der Waals surface area contributed by atoms with Crippen molar-refractivity contribution in [2.75, 3.05) is 5.32 Å². The highest BCUT2D eigenvalue weighted by Gasteiger charge is 2.27. The van der Waals surface area contributed by atoms with Gasteiger partial charge in [0.15, 0.2) is 0 Å². The Bertz CT molecular complexity index is 1890. The average molecular weight is 660 g/mol. The zero-order valence-corrected chi connectivity index (χ0v) is 27.8. The number of hydrogen-bond acceptors (Lipinski definition) is 5. The molecule has 0 aliphatic heterocycles. The molecule has 0 heterocycles. The first-order chi connectivity index (χ1) is 20.3. The van der Waals surface area contributed by atoms with Crippen LogP contribution in [0.2, 0.25) is 10.0 Å². The van der Waals surface area contributed by atoms with Crippen molar-refractivity contribution in [2.24, 2.45) is 0 Å². The number of benzene rings is 3. The molecular formula is C33H36Cl2N2O6S. The van der Waals surface area contributed by atoms with Crippen LogP contribution in [0.4, 0.5) is 5.69 Å². The first-order valence-electron chi connectivity index (χ1n) is 13.7. The SMILES string of the molecule is C=CN(C(=O)c1cc(Cl)c(-c2c(Cl)cc(C(=O)Nc3c(C(C)C)cccc3C(C)S(=O)(=O)O)c(=C)c2=C)c(C)c1C)C(C)O. The number of nitrogens with one attached hydrogen (secondary N) is 1. The molecule has 3 aromatic rings. The lowest BCUT2D eigenvalue weighted by Crippen LogP contribution is -2.34. The summed E-state index contributed by atoms with van der Waals surface area (Å²) in [6, 6.07) is 7.89. The van der Waals surface area contributed by atoms with Crippen LogP contribution in [0.25, 0.3) is 24.3 Å². The highest BCUT2D eigenvalue weighted by molar-refractivity contribution is 7.86. The summed E-state index contributed by atoms with van der Waals surface area (Å²) in [6.07, 6.45) is 0.130. The minimum atomic E-state index is -4.46. The molecule has 0 saturated heterocycles. The van der Waals surface area contributed by atoms with Crippen molar-refractivity contribution in [3.63, 3.8) is 0 Å². The highest BCUT2D eigenvalue weighted by atomic mass is 35.5. The lowest BCUT2D eigenvalue weighted by molar-refractivity contribution is 0.0383. The van der Waals surface area contributed by atoms with Gasteiger partial charge in [0, 0.05) is 44.2 Å². The Morgan fingerprint density at radius 2 is 1.48 bits per heavy atom. The molecular weight excluding hydrogens is 623 g/mol. The predicted octanol–water partition coefficient (Wildman–Crippen LogP) is 6.35. The third-order valence-electron chi connectivity index (χ3n) is 7.79. The minimum absolute atomic E-state index is 0.0882. The molecule has 0 aromatic heterocycles. The van der Waals surface area contributed by atoms with E-state index in [4.69, 9.17) is 23.2 Å². The van der Waals surface area contributed by atoms with Gasteiger partial charge in [0.05, 0.1) is 0 Å². The monoisotopic (exact) mass is 658 g/mol. The van der Waals surface area contributed by atoms with Crippen molar-refractivity contribution in [2.45, 2.75) is 58.9 Å². The number of rotatable bonds is 9. The largest absolute Gasteiger partial charge is 0.373 e. The molecule has 0 fully saturated rings. The number of hydrogen-bond donors (Lipinski definition) is 3. The van der Waals surface area contributed by atoms with Crippen molar-refractivity contribution in [1.29, 1.82) is 0 Å². The molecule has 2 atom stereocenters. The van der Waals surface area contributed by atoms with Crippen LogP contribution in [0, 0.1) is 13.8 Å². The number of para-hydroxylation sites is 1. The summed E-state index contributed by atoms with van der Waals surface area (Å²) in [4.78, 5) is 27.9. The van der Waals surface area contributed by atoms with Gasteiger partial charge in [0.2, 0.25) is 0 Å². The normalized spacial score (nSPS) is 13.0. The van der Waals surface area contributed by atoms with Gasteiger partial charge in [0.1, 0.15) is 11.5 Å². The van der Waals surface area contributed by atoms with E-state index in [1.54, 1.807) is 26.0 Å². The summed E-state index contributed by atoms with van der Waals surface area (Å²) < 4.78 is 33.8. The summed E-state index contributed by atoms with van der Waals surface area (Å²) in [5.74, 6) is -1.18. The van der Waals surface area contributed by atoms with E-state index in [0.29, 0.717) is 33.0 Å². The second kappa shape index (κ2) is 13.3. The van der Waals surface area contributed by atoms with Crippen molar-refractivity contribution in [1.82, 2.24) is 4.90 Å². The molecule has 3 aromatic carbocycles. The molecule has 8 nitrogen and oxygen atoms in total. The Hall–Kier alpha value is -3.47. The van der Waals surface area contributed by atoms with Gasteiger partial charge in [-0.25, -0.2) is 0 Å². The summed E-state index contributed by atoms with van der Waals surface area (Å²) in [7, 11) is -4.46. The Morgan fingerprint density at radius 1 is 0.932 bits per heavy atom. The van der Waals surface area contributed by atoms with Gasteiger partial charge < -0.3 is 10.4 Å². The van der Waals surface area contributed by atoms with Crippen LogP contribution in [0.3, 0.4) is 0 Å². The molecule has 2 unspecified atom stereocenters. The Labute approximate surface area is 268 Å². The molecule has 0 saturated carbocycles. The molecule has 3 rings (SSSR count). The summed E-state index contributed by atoms with van der Waals surface area (Å²) in [6.45, 7) is 21.9. The molecule has 11 heteroatoms. The highest BCUT2D eigenvalue weighted by Crippen LogP contribution is 2.38. The summed E-state index contributed by atoms with van der Waals surface area (Å²) in [5, 5.41) is 12.4. The van der Waals surface area contributed by atoms with Gasteiger partial charge in [-0.05, 0) is 78.4 Å². The predicted molar refractivity (Wildman–Crippen MR) is 178 cm³/mol. The molecule has 3 N–H and O–H groups in total. The van der Waals surface area contributed by atoms with Crippen molar-refractivity contribution < 1.29 is 27.7 Å². The number of halogens is 2. The lowest BCUT2D eigenvalue weighted by Gasteiger charge is -2.24. The lowest BCUT2D eigenvalue weighted by atomic mass is 9.90. The van der Waals surface area contributed by atoms with Crippen LogP contribution in [0.1, 0.15) is 81.8 Å². The number of carbonyl (C=O) groups is 2. The minimum Gasteiger partial charge on any atom is -0.373 e. The molecule has 0 spiro atoms. The summed E-state index contributed by atoms with van der Waals surface area (Å²) >= 11 is 13.5. The zero-order valence-electron chi connectivity index (χ0n) is 25.5. The van der Waals surface area contributed by atoms with Crippen LogP contribution in [0.5, 0.6) is 0 Å². The van der Waals surface area contributed by atoms with Crippen LogP contribution in [-0.4, -0.2) is 41.0 Å². The van der Waals surface area contributed by atoms with Gasteiger partial charge in [-0.1, -0.05) is 75.0 Å². The van der Waals surface area contributed by atoms with Crippen LogP contribution >= 0.6 is 23.2 Å². The Kier molecular flexibility index (Phi) is 10.6. The van der Waals surface area contributed by atoms with E-state index in [-0.39, 0.29) is 43.6 Å². The van der Waals surface area contributed by atoms with E-state index < -0.39 is 33.4 Å². The van der Waals surface area contributed by atoms with E-state index >= 15 is 0 Å². The smallest absolute Gasteiger partial charge is 0.271 e. The number of aliphatic hydroxyl groups excluding tert-OH is 1. The topological polar surface area (TPSA) is 124 Å². The van der Waals surface area contributed by atoms with E-state index in [9.17, 15) is 27.7 Å². The van der Waals surface area contributed by atoms with E-state index in [2.05, 4.69) is 25.1 Å². The third-order valence-corrected chi connectivity index (χ3v) is 9.53. The van der Waals surface area contributed by atoms with Crippen LogP contribution in [-0.2, 0) is 10.1 Å². The third kappa shape index (κ3) is 6.62. The fourth-order valence-electron chi connectivity index (χ4n) is 5.06. The van der Waals surface area contributed by atoms with Crippen molar-refractivity contribution >= 4 is 64.0 Å². The first kappa shape index (κ1) is 35.0. The molecule has 2 amide bonds. The number of aliphatic hydroxyl groups is 1. The molecule has 0 bridgehead atoms. The van der Waals surface area contributed by atoms with E-state index in [0.717, 1.165) is 4.90 Å². The maximum absolute atomic E-state index is 13.7. The second-order valence-corrected chi connectivity index (χ2v) is 13.4. The molecule has 234 valence electrons. The fourth-order valence-corrected chi connectivity index (χ4v) is 6.24. The van der Waals surface area contributed by atoms with Gasteiger partial charge in [-0.15, -0.1) is 0 Å². The maximum atomic E-state index is 13.7. The molecule has 0 aliphatic rings. The molecule has 0 radical (unpaired) electrons. The maximum Gasteiger partial charge on any atom is 0.271 e. The van der Waals surface area contributed by atoms with Crippen LogP contribution in [0.15, 0.2) is 43.1 Å². The van der Waals surface area contributed by atoms with Gasteiger partial charge in [-0.3, -0.25) is 19.0 Å². The summed E-state index contributed by atoms with van der Waals surface area (Å²) in [5.41, 5.74) is 3.70.